The largest absolute Gasteiger partial charge is 1.00 e. The molecule has 3 aliphatic heterocycles. The van der Waals surface area contributed by atoms with Crippen LogP contribution in [0, 0.1) is 17.8 Å². The van der Waals surface area contributed by atoms with Crippen LogP contribution in [-0.4, -0.2) is 181 Å². The van der Waals surface area contributed by atoms with Gasteiger partial charge in [0.15, 0.2) is 6.79 Å². The Morgan fingerprint density at radius 3 is 1.41 bits per heavy atom. The van der Waals surface area contributed by atoms with Crippen LogP contribution in [0.4, 0.5) is 0 Å². The summed E-state index contributed by atoms with van der Waals surface area (Å²) in [4.78, 5) is 4.18. The SMILES string of the molecule is CC[C@@H]1C(CO)O[C@H](COC[C@@H]2C(COCOO[O-])O[C@H](COC[C@@H]3C(CO)O[C@H](COC)C(O)[C@@H]3O)C(O)[C@@H]2O)C(O)[C@@H]1O.[Na+]. The van der Waals surface area contributed by atoms with Gasteiger partial charge in [-0.2, -0.15) is 0 Å². The normalized spacial score (nSPS) is 41.7. The minimum absolute atomic E-state index is 0. The summed E-state index contributed by atoms with van der Waals surface area (Å²) in [5.74, 6) is -2.19. The molecule has 3 heterocycles. The Balaban J connectivity index is 0.00000736. The minimum Gasteiger partial charge on any atom is -0.692 e. The van der Waals surface area contributed by atoms with Crippen molar-refractivity contribution in [2.75, 3.05) is 66.8 Å². The molecule has 18 nitrogen and oxygen atoms in total. The summed E-state index contributed by atoms with van der Waals surface area (Å²) >= 11 is 0. The van der Waals surface area contributed by atoms with Crippen LogP contribution in [0.2, 0.25) is 0 Å². The van der Waals surface area contributed by atoms with E-state index in [0.29, 0.717) is 6.42 Å². The minimum atomic E-state index is -1.48. The van der Waals surface area contributed by atoms with Crippen molar-refractivity contribution in [1.29, 1.82) is 0 Å². The summed E-state index contributed by atoms with van der Waals surface area (Å²) < 4.78 is 39.0. The van der Waals surface area contributed by atoms with E-state index in [0.717, 1.165) is 0 Å². The van der Waals surface area contributed by atoms with Crippen LogP contribution in [-0.2, 0) is 43.1 Å². The number of aliphatic hydroxyl groups excluding tert-OH is 8. The van der Waals surface area contributed by atoms with Gasteiger partial charge in [0.05, 0.1) is 89.5 Å². The van der Waals surface area contributed by atoms with Crippen molar-refractivity contribution in [3.8, 4) is 0 Å². The monoisotopic (exact) mass is 684 g/mol. The zero-order valence-electron chi connectivity index (χ0n) is 26.4. The molecule has 0 spiro atoms. The van der Waals surface area contributed by atoms with Crippen LogP contribution in [0.15, 0.2) is 0 Å². The molecule has 0 aliphatic carbocycles. The van der Waals surface area contributed by atoms with Crippen molar-refractivity contribution in [3.63, 3.8) is 0 Å². The molecule has 266 valence electrons. The van der Waals surface area contributed by atoms with Crippen molar-refractivity contribution in [2.45, 2.75) is 86.6 Å². The summed E-state index contributed by atoms with van der Waals surface area (Å²) in [5.41, 5.74) is 0. The van der Waals surface area contributed by atoms with E-state index in [4.69, 9.17) is 33.2 Å². The average Bonchev–Trinajstić information content (AvgIpc) is 3.03. The summed E-state index contributed by atoms with van der Waals surface area (Å²) in [6.45, 7) is -0.722. The fourth-order valence-electron chi connectivity index (χ4n) is 6.17. The van der Waals surface area contributed by atoms with Gasteiger partial charge in [0.25, 0.3) is 0 Å². The fourth-order valence-corrected chi connectivity index (χ4v) is 6.17. The molecule has 0 amide bonds. The molecule has 46 heavy (non-hydrogen) atoms. The molecule has 0 aromatic heterocycles. The topological polar surface area (TPSA) is 268 Å². The van der Waals surface area contributed by atoms with Gasteiger partial charge >= 0.3 is 29.6 Å². The van der Waals surface area contributed by atoms with E-state index in [-0.39, 0.29) is 75.8 Å². The number of aliphatic hydroxyl groups is 8. The smallest absolute Gasteiger partial charge is 0.692 e. The van der Waals surface area contributed by atoms with E-state index in [9.17, 15) is 46.1 Å². The third-order valence-electron chi connectivity index (χ3n) is 8.80. The van der Waals surface area contributed by atoms with E-state index in [2.05, 4.69) is 9.93 Å². The molecular weight excluding hydrogens is 635 g/mol. The van der Waals surface area contributed by atoms with E-state index in [1.54, 1.807) is 6.92 Å². The third-order valence-corrected chi connectivity index (χ3v) is 8.80. The molecule has 3 rings (SSSR count). The van der Waals surface area contributed by atoms with Gasteiger partial charge < -0.3 is 79.3 Å². The Hall–Kier alpha value is 0.280. The molecule has 19 heteroatoms. The summed E-state index contributed by atoms with van der Waals surface area (Å²) in [7, 11) is 1.41. The molecule has 0 bridgehead atoms. The van der Waals surface area contributed by atoms with Gasteiger partial charge in [-0.3, -0.25) is 5.04 Å². The molecule has 15 atom stereocenters. The van der Waals surface area contributed by atoms with E-state index in [1.165, 1.54) is 7.11 Å². The maximum atomic E-state index is 11.0. The predicted octanol–water partition coefficient (Wildman–Crippen LogP) is -8.42. The zero-order chi connectivity index (χ0) is 33.1. The zero-order valence-corrected chi connectivity index (χ0v) is 28.4. The summed E-state index contributed by atoms with van der Waals surface area (Å²) in [6.07, 6.45) is -12.9. The Morgan fingerprint density at radius 1 is 0.543 bits per heavy atom. The molecule has 0 radical (unpaired) electrons. The summed E-state index contributed by atoms with van der Waals surface area (Å²) in [6, 6.07) is 0. The fraction of sp³-hybridized carbons (Fsp3) is 1.00. The van der Waals surface area contributed by atoms with Crippen LogP contribution in [0.1, 0.15) is 13.3 Å². The van der Waals surface area contributed by atoms with Gasteiger partial charge in [-0.25, -0.2) is 4.89 Å². The van der Waals surface area contributed by atoms with Gasteiger partial charge in [0.2, 0.25) is 0 Å². The first-order chi connectivity index (χ1) is 21.6. The molecule has 0 saturated carbocycles. The first-order valence-electron chi connectivity index (χ1n) is 15.0. The van der Waals surface area contributed by atoms with Gasteiger partial charge in [0.1, 0.15) is 36.6 Å². The molecule has 8 N–H and O–H groups in total. The maximum absolute atomic E-state index is 11.0. The van der Waals surface area contributed by atoms with Gasteiger partial charge in [-0.15, -0.1) is 0 Å². The molecule has 3 saturated heterocycles. The number of ether oxygens (including phenoxy) is 7. The van der Waals surface area contributed by atoms with Crippen molar-refractivity contribution in [1.82, 2.24) is 0 Å². The van der Waals surface area contributed by atoms with Crippen LogP contribution < -0.4 is 34.8 Å². The van der Waals surface area contributed by atoms with Gasteiger partial charge in [-0.05, 0) is 6.42 Å². The van der Waals surface area contributed by atoms with E-state index >= 15 is 0 Å². The van der Waals surface area contributed by atoms with Crippen LogP contribution >= 0.6 is 0 Å². The molecule has 3 aliphatic rings. The number of rotatable bonds is 18. The van der Waals surface area contributed by atoms with Crippen LogP contribution in [0.3, 0.4) is 0 Å². The van der Waals surface area contributed by atoms with Crippen molar-refractivity contribution in [2.24, 2.45) is 17.8 Å². The van der Waals surface area contributed by atoms with Crippen molar-refractivity contribution in [3.05, 3.63) is 0 Å². The second kappa shape index (κ2) is 21.5. The standard InChI is InChI=1S/C27H50O18.Na/c1-3-13-16(4-28)42-20(26(34)22(13)30)10-39-7-15-18(9-40-12-41-45-36)44-21(27(35)24(15)32)11-38-6-14-17(5-29)43-19(8-37-2)25(33)23(14)31;/h13-36H,3-12H2,1-2H3;/q;+1/p-1/t13-,14-,15-,16?,17?,18?,19-,20-,21-,22-,23-,24-,25?,26?,27?;/m1./s1. The third kappa shape index (κ3) is 10.9. The quantitative estimate of drug-likeness (QED) is 0.0219. The molecular formula is C27H49NaO18. The molecule has 0 aromatic rings. The van der Waals surface area contributed by atoms with Crippen molar-refractivity contribution >= 4 is 0 Å². The molecule has 6 unspecified atom stereocenters. The van der Waals surface area contributed by atoms with Crippen LogP contribution in [0.25, 0.3) is 0 Å². The number of methoxy groups -OCH3 is 1. The number of hydrogen-bond acceptors (Lipinski definition) is 18. The predicted molar refractivity (Wildman–Crippen MR) is 143 cm³/mol. The Labute approximate surface area is 289 Å². The van der Waals surface area contributed by atoms with Gasteiger partial charge in [-0.1, -0.05) is 6.92 Å². The van der Waals surface area contributed by atoms with E-state index < -0.39 is 104 Å². The van der Waals surface area contributed by atoms with E-state index in [1.807, 2.05) is 0 Å². The first-order valence-corrected chi connectivity index (χ1v) is 15.0. The Morgan fingerprint density at radius 2 is 0.957 bits per heavy atom. The van der Waals surface area contributed by atoms with Crippen LogP contribution in [0.5, 0.6) is 0 Å². The van der Waals surface area contributed by atoms with Gasteiger partial charge in [0, 0.05) is 24.9 Å². The van der Waals surface area contributed by atoms with Crippen molar-refractivity contribution < 1.29 is 119 Å². The molecule has 3 fully saturated rings. The Kier molecular flexibility index (Phi) is 19.8. The summed E-state index contributed by atoms with van der Waals surface area (Å²) in [5, 5.41) is 96.7. The second-order valence-corrected chi connectivity index (χ2v) is 11.6. The Bertz CT molecular complexity index is 815. The first kappa shape index (κ1) is 42.4. The average molecular weight is 685 g/mol. The maximum Gasteiger partial charge on any atom is 1.00 e. The number of hydrogen-bond donors (Lipinski definition) is 8. The molecule has 0 aromatic carbocycles. The second-order valence-electron chi connectivity index (χ2n) is 11.6.